The van der Waals surface area contributed by atoms with E-state index in [1.54, 1.807) is 31.2 Å². The third-order valence-corrected chi connectivity index (χ3v) is 7.14. The molecule has 3 rings (SSSR count). The van der Waals surface area contributed by atoms with E-state index in [1.165, 1.54) is 28.6 Å². The van der Waals surface area contributed by atoms with Gasteiger partial charge in [-0.15, -0.1) is 0 Å². The molecule has 2 aromatic carbocycles. The highest BCUT2D eigenvalue weighted by atomic mass is 32.2. The number of nitrogens with zero attached hydrogens (tertiary/aromatic N) is 1. The van der Waals surface area contributed by atoms with Crippen molar-refractivity contribution >= 4 is 33.4 Å². The summed E-state index contributed by atoms with van der Waals surface area (Å²) in [6.07, 6.45) is 2.87. The molecule has 0 aromatic heterocycles. The predicted molar refractivity (Wildman–Crippen MR) is 119 cm³/mol. The first-order valence-corrected chi connectivity index (χ1v) is 12.0. The van der Waals surface area contributed by atoms with Crippen LogP contribution in [0, 0.1) is 0 Å². The number of nitrogens with one attached hydrogen (secondary N) is 1. The normalized spacial score (nSPS) is 14.5. The highest BCUT2D eigenvalue weighted by Gasteiger charge is 2.30. The molecule has 0 radical (unpaired) electrons. The number of anilines is 1. The van der Waals surface area contributed by atoms with Crippen molar-refractivity contribution in [1.29, 1.82) is 0 Å². The summed E-state index contributed by atoms with van der Waals surface area (Å²) in [5.74, 6) is -1.46. The summed E-state index contributed by atoms with van der Waals surface area (Å²) in [5, 5.41) is 2.68. The zero-order valence-corrected chi connectivity index (χ0v) is 18.7. The van der Waals surface area contributed by atoms with Crippen molar-refractivity contribution in [3.05, 3.63) is 59.7 Å². The van der Waals surface area contributed by atoms with Crippen molar-refractivity contribution in [2.75, 3.05) is 25.0 Å². The molecule has 0 aliphatic carbocycles. The Morgan fingerprint density at radius 1 is 0.969 bits per heavy atom. The molecule has 0 atom stereocenters. The maximum Gasteiger partial charge on any atom is 0.339 e. The molecule has 1 aliphatic heterocycles. The van der Waals surface area contributed by atoms with E-state index in [0.29, 0.717) is 30.8 Å². The van der Waals surface area contributed by atoms with Gasteiger partial charge in [0.1, 0.15) is 0 Å². The zero-order valence-electron chi connectivity index (χ0n) is 17.9. The molecule has 9 heteroatoms. The molecule has 1 aliphatic rings. The first kappa shape index (κ1) is 23.6. The Kier molecular flexibility index (Phi) is 7.76. The Labute approximate surface area is 187 Å². The standard InChI is InChI=1S/C23H26N2O6S/c1-2-22(27)24-18-12-10-17(11-13-18)20(26)16-31-23(28)19-8-4-5-9-21(19)32(29,30)25-14-6-3-7-15-25/h4-5,8-13H,2-3,6-7,14-16H2,1H3,(H,24,27). The molecule has 8 nitrogen and oxygen atoms in total. The Hall–Kier alpha value is -3.04. The lowest BCUT2D eigenvalue weighted by molar-refractivity contribution is -0.115. The third kappa shape index (κ3) is 5.60. The SMILES string of the molecule is CCC(=O)Nc1ccc(C(=O)COC(=O)c2ccccc2S(=O)(=O)N2CCCCC2)cc1. The van der Waals surface area contributed by atoms with Crippen molar-refractivity contribution in [2.45, 2.75) is 37.5 Å². The van der Waals surface area contributed by atoms with Crippen LogP contribution in [-0.2, 0) is 19.6 Å². The lowest BCUT2D eigenvalue weighted by atomic mass is 10.1. The van der Waals surface area contributed by atoms with Crippen LogP contribution in [0.3, 0.4) is 0 Å². The Morgan fingerprint density at radius 2 is 1.62 bits per heavy atom. The largest absolute Gasteiger partial charge is 0.454 e. The van der Waals surface area contributed by atoms with Crippen molar-refractivity contribution in [3.63, 3.8) is 0 Å². The van der Waals surface area contributed by atoms with E-state index in [4.69, 9.17) is 4.74 Å². The molecular weight excluding hydrogens is 432 g/mol. The van der Waals surface area contributed by atoms with Crippen LogP contribution >= 0.6 is 0 Å². The van der Waals surface area contributed by atoms with Gasteiger partial charge in [-0.3, -0.25) is 9.59 Å². The van der Waals surface area contributed by atoms with E-state index < -0.39 is 28.4 Å². The second-order valence-electron chi connectivity index (χ2n) is 7.44. The highest BCUT2D eigenvalue weighted by Crippen LogP contribution is 2.24. The molecule has 1 fully saturated rings. The number of amides is 1. The fraction of sp³-hybridized carbons (Fsp3) is 0.348. The van der Waals surface area contributed by atoms with Gasteiger partial charge in [-0.2, -0.15) is 4.31 Å². The number of benzene rings is 2. The number of ether oxygens (including phenoxy) is 1. The summed E-state index contributed by atoms with van der Waals surface area (Å²) in [4.78, 5) is 36.4. The van der Waals surface area contributed by atoms with E-state index in [-0.39, 0.29) is 16.4 Å². The monoisotopic (exact) mass is 458 g/mol. The summed E-state index contributed by atoms with van der Waals surface area (Å²) in [5.41, 5.74) is 0.771. The van der Waals surface area contributed by atoms with Crippen LogP contribution in [0.2, 0.25) is 0 Å². The number of piperidine rings is 1. The molecule has 1 amide bonds. The number of carbonyl (C=O) groups excluding carboxylic acids is 3. The average Bonchev–Trinajstić information content (AvgIpc) is 2.83. The summed E-state index contributed by atoms with van der Waals surface area (Å²) in [7, 11) is -3.83. The lowest BCUT2D eigenvalue weighted by Crippen LogP contribution is -2.36. The number of rotatable bonds is 8. The molecule has 170 valence electrons. The highest BCUT2D eigenvalue weighted by molar-refractivity contribution is 7.89. The molecule has 1 heterocycles. The van der Waals surface area contributed by atoms with E-state index in [0.717, 1.165) is 19.3 Å². The summed E-state index contributed by atoms with van der Waals surface area (Å²) in [6.45, 7) is 2.03. The number of Topliss-reactive ketones (excluding diaryl/α,β-unsaturated/α-hetero) is 1. The molecular formula is C23H26N2O6S. The van der Waals surface area contributed by atoms with Gasteiger partial charge in [0.2, 0.25) is 15.9 Å². The van der Waals surface area contributed by atoms with Crippen LogP contribution in [0.5, 0.6) is 0 Å². The second kappa shape index (κ2) is 10.5. The minimum absolute atomic E-state index is 0.0940. The molecule has 0 unspecified atom stereocenters. The first-order chi connectivity index (χ1) is 15.3. The van der Waals surface area contributed by atoms with E-state index in [2.05, 4.69) is 5.32 Å². The quantitative estimate of drug-likeness (QED) is 0.480. The Bertz CT molecular complexity index is 1090. The maximum absolute atomic E-state index is 13.0. The number of ketones is 1. The number of hydrogen-bond donors (Lipinski definition) is 1. The maximum atomic E-state index is 13.0. The van der Waals surface area contributed by atoms with E-state index >= 15 is 0 Å². The van der Waals surface area contributed by atoms with Gasteiger partial charge >= 0.3 is 5.97 Å². The van der Waals surface area contributed by atoms with Crippen LogP contribution < -0.4 is 5.32 Å². The average molecular weight is 459 g/mol. The Balaban J connectivity index is 1.68. The fourth-order valence-electron chi connectivity index (χ4n) is 3.39. The molecule has 0 saturated carbocycles. The van der Waals surface area contributed by atoms with E-state index in [9.17, 15) is 22.8 Å². The summed E-state index contributed by atoms with van der Waals surface area (Å²) >= 11 is 0. The number of sulfonamides is 1. The minimum Gasteiger partial charge on any atom is -0.454 e. The molecule has 1 saturated heterocycles. The van der Waals surface area contributed by atoms with Crippen molar-refractivity contribution in [3.8, 4) is 0 Å². The van der Waals surface area contributed by atoms with Gasteiger partial charge in [-0.25, -0.2) is 13.2 Å². The lowest BCUT2D eigenvalue weighted by Gasteiger charge is -2.26. The predicted octanol–water partition coefficient (Wildman–Crippen LogP) is 3.25. The van der Waals surface area contributed by atoms with Crippen LogP contribution in [0.4, 0.5) is 5.69 Å². The van der Waals surface area contributed by atoms with Crippen LogP contribution in [0.1, 0.15) is 53.3 Å². The van der Waals surface area contributed by atoms with Gasteiger partial charge in [0.25, 0.3) is 0 Å². The van der Waals surface area contributed by atoms with Crippen LogP contribution in [0.15, 0.2) is 53.4 Å². The van der Waals surface area contributed by atoms with Crippen molar-refractivity contribution < 1.29 is 27.5 Å². The van der Waals surface area contributed by atoms with Gasteiger partial charge in [0.05, 0.1) is 10.5 Å². The zero-order chi connectivity index (χ0) is 23.1. The summed E-state index contributed by atoms with van der Waals surface area (Å²) in [6, 6.07) is 12.1. The molecule has 32 heavy (non-hydrogen) atoms. The topological polar surface area (TPSA) is 110 Å². The van der Waals surface area contributed by atoms with Crippen molar-refractivity contribution in [2.24, 2.45) is 0 Å². The Morgan fingerprint density at radius 3 is 2.28 bits per heavy atom. The van der Waals surface area contributed by atoms with Gasteiger partial charge < -0.3 is 10.1 Å². The van der Waals surface area contributed by atoms with Gasteiger partial charge in [-0.05, 0) is 49.2 Å². The smallest absolute Gasteiger partial charge is 0.339 e. The summed E-state index contributed by atoms with van der Waals surface area (Å²) < 4.78 is 32.6. The van der Waals surface area contributed by atoms with Crippen LogP contribution in [0.25, 0.3) is 0 Å². The number of carbonyl (C=O) groups is 3. The molecule has 0 bridgehead atoms. The van der Waals surface area contributed by atoms with Gasteiger partial charge in [-0.1, -0.05) is 25.5 Å². The van der Waals surface area contributed by atoms with Crippen molar-refractivity contribution in [1.82, 2.24) is 4.31 Å². The third-order valence-electron chi connectivity index (χ3n) is 5.19. The fourth-order valence-corrected chi connectivity index (χ4v) is 5.08. The van der Waals surface area contributed by atoms with E-state index in [1.807, 2.05) is 0 Å². The number of hydrogen-bond acceptors (Lipinski definition) is 6. The number of esters is 1. The van der Waals surface area contributed by atoms with Crippen LogP contribution in [-0.4, -0.2) is 50.1 Å². The van der Waals surface area contributed by atoms with Gasteiger partial charge in [0.15, 0.2) is 12.4 Å². The molecule has 0 spiro atoms. The van der Waals surface area contributed by atoms with Gasteiger partial charge in [0, 0.05) is 30.8 Å². The molecule has 2 aromatic rings. The first-order valence-electron chi connectivity index (χ1n) is 10.5. The minimum atomic E-state index is -3.83. The molecule has 1 N–H and O–H groups in total. The second-order valence-corrected chi connectivity index (χ2v) is 9.35.